The minimum absolute atomic E-state index is 0.0823. The molecule has 0 rings (SSSR count). The van der Waals surface area contributed by atoms with E-state index in [1.165, 1.54) is 0 Å². The monoisotopic (exact) mass is 178 g/mol. The number of rotatable bonds is 8. The second-order valence-electron chi connectivity index (χ2n) is 1.90. The number of aldehydes is 1. The van der Waals surface area contributed by atoms with Crippen LogP contribution >= 0.6 is 11.8 Å². The molecule has 0 aromatic heterocycles. The van der Waals surface area contributed by atoms with Crippen LogP contribution in [0.1, 0.15) is 6.42 Å². The van der Waals surface area contributed by atoms with Crippen molar-refractivity contribution in [1.29, 1.82) is 0 Å². The summed E-state index contributed by atoms with van der Waals surface area (Å²) in [5.41, 5.74) is 0. The highest BCUT2D eigenvalue weighted by molar-refractivity contribution is 7.99. The van der Waals surface area contributed by atoms with Gasteiger partial charge in [0.25, 0.3) is 0 Å². The van der Waals surface area contributed by atoms with E-state index in [1.807, 2.05) is 0 Å². The minimum Gasteiger partial charge on any atom is -0.394 e. The van der Waals surface area contributed by atoms with E-state index >= 15 is 0 Å². The Bertz CT molecular complexity index is 87.8. The van der Waals surface area contributed by atoms with Gasteiger partial charge in [0.15, 0.2) is 0 Å². The van der Waals surface area contributed by atoms with Crippen LogP contribution in [0.2, 0.25) is 0 Å². The Morgan fingerprint density at radius 3 is 2.82 bits per heavy atom. The van der Waals surface area contributed by atoms with E-state index in [0.717, 1.165) is 17.8 Å². The van der Waals surface area contributed by atoms with Crippen molar-refractivity contribution in [2.75, 3.05) is 31.3 Å². The van der Waals surface area contributed by atoms with Crippen molar-refractivity contribution < 1.29 is 14.6 Å². The van der Waals surface area contributed by atoms with E-state index in [0.29, 0.717) is 19.6 Å². The normalized spacial score (nSPS) is 9.91. The molecule has 0 saturated heterocycles. The van der Waals surface area contributed by atoms with Gasteiger partial charge in [-0.15, -0.1) is 0 Å². The Labute approximate surface area is 71.1 Å². The molecular weight excluding hydrogens is 164 g/mol. The van der Waals surface area contributed by atoms with Crippen LogP contribution in [-0.4, -0.2) is 42.7 Å². The number of aliphatic hydroxyl groups excluding tert-OH is 1. The van der Waals surface area contributed by atoms with E-state index in [2.05, 4.69) is 0 Å². The van der Waals surface area contributed by atoms with Crippen molar-refractivity contribution in [3.05, 3.63) is 0 Å². The molecule has 4 heteroatoms. The molecule has 11 heavy (non-hydrogen) atoms. The summed E-state index contributed by atoms with van der Waals surface area (Å²) in [6.45, 7) is 1.15. The molecule has 0 unspecified atom stereocenters. The first kappa shape index (κ1) is 10.9. The second kappa shape index (κ2) is 9.94. The summed E-state index contributed by atoms with van der Waals surface area (Å²) in [4.78, 5) is 9.86. The number of ether oxygens (including phenoxy) is 1. The number of carbonyl (C=O) groups is 1. The fourth-order valence-corrected chi connectivity index (χ4v) is 1.22. The number of carbonyl (C=O) groups excluding carboxylic acids is 1. The maximum absolute atomic E-state index is 9.86. The number of hydrogen-bond donors (Lipinski definition) is 1. The fourth-order valence-electron chi connectivity index (χ4n) is 0.518. The number of hydrogen-bond acceptors (Lipinski definition) is 4. The van der Waals surface area contributed by atoms with E-state index < -0.39 is 0 Å². The Kier molecular flexibility index (Phi) is 9.89. The zero-order chi connectivity index (χ0) is 8.36. The highest BCUT2D eigenvalue weighted by Crippen LogP contribution is 1.99. The van der Waals surface area contributed by atoms with Crippen molar-refractivity contribution in [3.8, 4) is 0 Å². The Balaban J connectivity index is 2.74. The van der Waals surface area contributed by atoms with E-state index in [4.69, 9.17) is 9.84 Å². The Hall–Kier alpha value is -0.0600. The van der Waals surface area contributed by atoms with Crippen LogP contribution < -0.4 is 0 Å². The van der Waals surface area contributed by atoms with E-state index in [-0.39, 0.29) is 6.61 Å². The van der Waals surface area contributed by atoms with Crippen molar-refractivity contribution in [2.24, 2.45) is 0 Å². The summed E-state index contributed by atoms with van der Waals surface area (Å²) in [5, 5.41) is 8.33. The fraction of sp³-hybridized carbons (Fsp3) is 0.857. The van der Waals surface area contributed by atoms with Gasteiger partial charge in [0, 0.05) is 12.2 Å². The summed E-state index contributed by atoms with van der Waals surface area (Å²) in [7, 11) is 0. The molecule has 66 valence electrons. The molecule has 1 N–H and O–H groups in total. The Morgan fingerprint density at radius 1 is 1.36 bits per heavy atom. The topological polar surface area (TPSA) is 46.5 Å². The SMILES string of the molecule is O=CCCSCCOCCO. The molecule has 0 aromatic carbocycles. The minimum atomic E-state index is 0.0823. The molecule has 0 fully saturated rings. The van der Waals surface area contributed by atoms with Crippen LogP contribution in [0, 0.1) is 0 Å². The summed E-state index contributed by atoms with van der Waals surface area (Å²) in [6, 6.07) is 0. The van der Waals surface area contributed by atoms with Crippen LogP contribution in [0.5, 0.6) is 0 Å². The molecule has 0 aromatic rings. The second-order valence-corrected chi connectivity index (χ2v) is 3.13. The molecule has 0 spiro atoms. The third kappa shape index (κ3) is 9.94. The van der Waals surface area contributed by atoms with Gasteiger partial charge in [-0.25, -0.2) is 0 Å². The third-order valence-corrected chi connectivity index (χ3v) is 1.97. The molecule has 0 aliphatic carbocycles. The first-order valence-electron chi connectivity index (χ1n) is 3.61. The molecule has 0 amide bonds. The highest BCUT2D eigenvalue weighted by atomic mass is 32.2. The largest absolute Gasteiger partial charge is 0.394 e. The van der Waals surface area contributed by atoms with Crippen LogP contribution in [-0.2, 0) is 9.53 Å². The molecule has 0 radical (unpaired) electrons. The van der Waals surface area contributed by atoms with Gasteiger partial charge in [0.2, 0.25) is 0 Å². The van der Waals surface area contributed by atoms with Gasteiger partial charge in [0.05, 0.1) is 19.8 Å². The van der Waals surface area contributed by atoms with Gasteiger partial charge in [-0.1, -0.05) is 0 Å². The summed E-state index contributed by atoms with van der Waals surface area (Å²) >= 11 is 1.69. The molecule has 0 atom stereocenters. The van der Waals surface area contributed by atoms with Gasteiger partial charge >= 0.3 is 0 Å². The summed E-state index contributed by atoms with van der Waals surface area (Å²) in [6.07, 6.45) is 1.53. The standard InChI is InChI=1S/C7H14O3S/c8-2-1-6-11-7-5-10-4-3-9/h2,9H,1,3-7H2. The predicted octanol–water partition coefficient (Wildman–Crippen LogP) is 0.318. The van der Waals surface area contributed by atoms with Crippen molar-refractivity contribution in [3.63, 3.8) is 0 Å². The average Bonchev–Trinajstić information content (AvgIpc) is 2.03. The summed E-state index contributed by atoms with van der Waals surface area (Å²) < 4.78 is 5.00. The van der Waals surface area contributed by atoms with Gasteiger partial charge in [0.1, 0.15) is 6.29 Å². The molecule has 3 nitrogen and oxygen atoms in total. The van der Waals surface area contributed by atoms with Crippen molar-refractivity contribution >= 4 is 18.0 Å². The highest BCUT2D eigenvalue weighted by Gasteiger charge is 1.88. The van der Waals surface area contributed by atoms with E-state index in [9.17, 15) is 4.79 Å². The van der Waals surface area contributed by atoms with Gasteiger partial charge in [-0.2, -0.15) is 11.8 Å². The molecule has 0 aliphatic rings. The number of thioether (sulfide) groups is 1. The van der Waals surface area contributed by atoms with Crippen molar-refractivity contribution in [1.82, 2.24) is 0 Å². The lowest BCUT2D eigenvalue weighted by atomic mass is 10.6. The van der Waals surface area contributed by atoms with Crippen LogP contribution in [0.4, 0.5) is 0 Å². The zero-order valence-electron chi connectivity index (χ0n) is 6.49. The molecule has 0 bridgehead atoms. The lowest BCUT2D eigenvalue weighted by Crippen LogP contribution is -2.02. The third-order valence-electron chi connectivity index (χ3n) is 0.988. The lowest BCUT2D eigenvalue weighted by Gasteiger charge is -1.99. The van der Waals surface area contributed by atoms with Gasteiger partial charge in [-0.3, -0.25) is 0 Å². The maximum atomic E-state index is 9.86. The molecular formula is C7H14O3S. The lowest BCUT2D eigenvalue weighted by molar-refractivity contribution is -0.107. The number of aliphatic hydroxyl groups is 1. The van der Waals surface area contributed by atoms with Crippen LogP contribution in [0.25, 0.3) is 0 Å². The van der Waals surface area contributed by atoms with Gasteiger partial charge in [-0.05, 0) is 5.75 Å². The predicted molar refractivity (Wildman–Crippen MR) is 45.9 cm³/mol. The first-order valence-corrected chi connectivity index (χ1v) is 4.77. The Morgan fingerprint density at radius 2 is 2.18 bits per heavy atom. The molecule has 0 heterocycles. The zero-order valence-corrected chi connectivity index (χ0v) is 7.31. The van der Waals surface area contributed by atoms with Crippen LogP contribution in [0.3, 0.4) is 0 Å². The maximum Gasteiger partial charge on any atom is 0.120 e. The average molecular weight is 178 g/mol. The quantitative estimate of drug-likeness (QED) is 0.429. The van der Waals surface area contributed by atoms with Gasteiger partial charge < -0.3 is 14.6 Å². The van der Waals surface area contributed by atoms with Crippen molar-refractivity contribution in [2.45, 2.75) is 6.42 Å². The molecule has 0 aliphatic heterocycles. The smallest absolute Gasteiger partial charge is 0.120 e. The first-order chi connectivity index (χ1) is 5.41. The van der Waals surface area contributed by atoms with E-state index in [1.54, 1.807) is 11.8 Å². The van der Waals surface area contributed by atoms with Crippen LogP contribution in [0.15, 0.2) is 0 Å². The summed E-state index contributed by atoms with van der Waals surface area (Å²) in [5.74, 6) is 1.76. The molecule has 0 saturated carbocycles.